The molecule has 4 nitrogen and oxygen atoms in total. The largest absolute Gasteiger partial charge is 0.449 e. The molecule has 0 aliphatic heterocycles. The lowest BCUT2D eigenvalue weighted by Crippen LogP contribution is -2.26. The maximum absolute atomic E-state index is 12.1. The molecule has 3 aromatic rings. The van der Waals surface area contributed by atoms with Crippen molar-refractivity contribution in [2.24, 2.45) is 0 Å². The van der Waals surface area contributed by atoms with Crippen molar-refractivity contribution in [3.8, 4) is 11.1 Å². The molecule has 1 aromatic heterocycles. The van der Waals surface area contributed by atoms with Crippen LogP contribution in [0.1, 0.15) is 34.7 Å². The molecule has 0 fully saturated rings. The van der Waals surface area contributed by atoms with Crippen molar-refractivity contribution >= 4 is 12.2 Å². The van der Waals surface area contributed by atoms with E-state index in [-0.39, 0.29) is 12.0 Å². The Bertz CT molecular complexity index is 997. The molecule has 1 heterocycles. The molecule has 4 rings (SSSR count). The second kappa shape index (κ2) is 8.74. The minimum Gasteiger partial charge on any atom is -0.449 e. The van der Waals surface area contributed by atoms with Gasteiger partial charge in [0, 0.05) is 18.7 Å². The quantitative estimate of drug-likeness (QED) is 0.584. The molecular weight excluding hydrogens is 360 g/mol. The molecule has 29 heavy (non-hydrogen) atoms. The summed E-state index contributed by atoms with van der Waals surface area (Å²) in [6.45, 7) is 2.89. The van der Waals surface area contributed by atoms with Crippen LogP contribution in [-0.2, 0) is 4.74 Å². The second-order valence-corrected chi connectivity index (χ2v) is 7.15. The first-order valence-corrected chi connectivity index (χ1v) is 9.91. The van der Waals surface area contributed by atoms with E-state index in [0.717, 1.165) is 17.7 Å². The van der Waals surface area contributed by atoms with Gasteiger partial charge in [-0.3, -0.25) is 4.98 Å². The summed E-state index contributed by atoms with van der Waals surface area (Å²) in [6.07, 6.45) is 6.12. The fourth-order valence-electron chi connectivity index (χ4n) is 3.77. The number of hydrogen-bond acceptors (Lipinski definition) is 3. The van der Waals surface area contributed by atoms with E-state index in [1.165, 1.54) is 22.3 Å². The smallest absolute Gasteiger partial charge is 0.407 e. The highest BCUT2D eigenvalue weighted by atomic mass is 16.5. The molecule has 0 radical (unpaired) electrons. The molecule has 2 aromatic carbocycles. The summed E-state index contributed by atoms with van der Waals surface area (Å²) in [5, 5.41) is 2.82. The number of fused-ring (bicyclic) bond motifs is 3. The molecular formula is C25H24N2O2. The van der Waals surface area contributed by atoms with Gasteiger partial charge in [0.2, 0.25) is 0 Å². The van der Waals surface area contributed by atoms with Crippen LogP contribution in [0.2, 0.25) is 0 Å². The zero-order chi connectivity index (χ0) is 20.1. The van der Waals surface area contributed by atoms with E-state index < -0.39 is 0 Å². The molecule has 1 amide bonds. The third kappa shape index (κ3) is 4.21. The minimum absolute atomic E-state index is 0.0835. The van der Waals surface area contributed by atoms with Crippen molar-refractivity contribution in [3.05, 3.63) is 95.3 Å². The Morgan fingerprint density at radius 3 is 2.41 bits per heavy atom. The number of nitrogens with zero attached hydrogens (tertiary/aromatic N) is 1. The molecule has 0 bridgehead atoms. The van der Waals surface area contributed by atoms with Crippen LogP contribution in [0.25, 0.3) is 17.2 Å². The number of hydrogen-bond donors (Lipinski definition) is 1. The molecule has 0 saturated heterocycles. The average Bonchev–Trinajstić information content (AvgIpc) is 3.07. The highest BCUT2D eigenvalue weighted by Crippen LogP contribution is 2.44. The Balaban J connectivity index is 1.29. The van der Waals surface area contributed by atoms with Gasteiger partial charge in [0.15, 0.2) is 0 Å². The summed E-state index contributed by atoms with van der Waals surface area (Å²) in [5.74, 6) is 0.0835. The number of carbonyl (C=O) groups is 1. The highest BCUT2D eigenvalue weighted by molar-refractivity contribution is 5.79. The normalized spacial score (nSPS) is 12.6. The monoisotopic (exact) mass is 384 g/mol. The van der Waals surface area contributed by atoms with Crippen LogP contribution < -0.4 is 5.32 Å². The Morgan fingerprint density at radius 1 is 1.03 bits per heavy atom. The first-order chi connectivity index (χ1) is 14.2. The number of amides is 1. The van der Waals surface area contributed by atoms with Crippen molar-refractivity contribution in [2.75, 3.05) is 13.2 Å². The highest BCUT2D eigenvalue weighted by Gasteiger charge is 2.28. The summed E-state index contributed by atoms with van der Waals surface area (Å²) >= 11 is 0. The lowest BCUT2D eigenvalue weighted by molar-refractivity contribution is 0.143. The van der Waals surface area contributed by atoms with Crippen LogP contribution in [0.5, 0.6) is 0 Å². The third-order valence-corrected chi connectivity index (χ3v) is 5.25. The van der Waals surface area contributed by atoms with E-state index in [1.807, 2.05) is 55.5 Å². The first kappa shape index (κ1) is 18.9. The van der Waals surface area contributed by atoms with E-state index in [1.54, 1.807) is 6.20 Å². The maximum Gasteiger partial charge on any atom is 0.407 e. The zero-order valence-electron chi connectivity index (χ0n) is 16.5. The van der Waals surface area contributed by atoms with Gasteiger partial charge in [-0.25, -0.2) is 4.79 Å². The molecule has 1 N–H and O–H groups in total. The van der Waals surface area contributed by atoms with E-state index in [2.05, 4.69) is 34.6 Å². The fraction of sp³-hybridized carbons (Fsp3) is 0.200. The predicted molar refractivity (Wildman–Crippen MR) is 116 cm³/mol. The second-order valence-electron chi connectivity index (χ2n) is 7.15. The molecule has 1 aliphatic carbocycles. The van der Waals surface area contributed by atoms with Gasteiger partial charge >= 0.3 is 6.09 Å². The minimum atomic E-state index is -0.380. The summed E-state index contributed by atoms with van der Waals surface area (Å²) < 4.78 is 5.54. The fourth-order valence-corrected chi connectivity index (χ4v) is 3.77. The van der Waals surface area contributed by atoms with Crippen molar-refractivity contribution in [2.45, 2.75) is 19.3 Å². The van der Waals surface area contributed by atoms with Gasteiger partial charge in [0.05, 0.1) is 5.69 Å². The lowest BCUT2D eigenvalue weighted by Gasteiger charge is -2.14. The van der Waals surface area contributed by atoms with E-state index in [4.69, 9.17) is 4.74 Å². The lowest BCUT2D eigenvalue weighted by atomic mass is 9.98. The Kier molecular flexibility index (Phi) is 5.71. The predicted octanol–water partition coefficient (Wildman–Crippen LogP) is 5.33. The number of carbonyl (C=O) groups excluding carboxylic acids is 1. The number of ether oxygens (including phenoxy) is 1. The SMILES string of the molecule is Cc1cccnc1C=CCCNC(=O)OCC1c2ccccc2-c2ccccc21. The number of benzene rings is 2. The Hall–Kier alpha value is -3.40. The molecule has 0 atom stereocenters. The Morgan fingerprint density at radius 2 is 1.72 bits per heavy atom. The van der Waals surface area contributed by atoms with Gasteiger partial charge in [0.1, 0.15) is 6.61 Å². The summed E-state index contributed by atoms with van der Waals surface area (Å²) in [4.78, 5) is 16.5. The zero-order valence-corrected chi connectivity index (χ0v) is 16.5. The van der Waals surface area contributed by atoms with Crippen molar-refractivity contribution in [1.82, 2.24) is 10.3 Å². The van der Waals surface area contributed by atoms with Gasteiger partial charge in [-0.2, -0.15) is 0 Å². The van der Waals surface area contributed by atoms with Crippen LogP contribution in [-0.4, -0.2) is 24.2 Å². The number of alkyl carbamates (subject to hydrolysis) is 1. The van der Waals surface area contributed by atoms with Gasteiger partial charge in [0.25, 0.3) is 0 Å². The summed E-state index contributed by atoms with van der Waals surface area (Å²) in [7, 11) is 0. The van der Waals surface area contributed by atoms with Crippen molar-refractivity contribution in [1.29, 1.82) is 0 Å². The Labute approximate surface area is 171 Å². The van der Waals surface area contributed by atoms with E-state index in [0.29, 0.717) is 13.2 Å². The van der Waals surface area contributed by atoms with Crippen LogP contribution in [0.15, 0.2) is 72.9 Å². The van der Waals surface area contributed by atoms with Gasteiger partial charge < -0.3 is 10.1 Å². The number of aryl methyl sites for hydroxylation is 1. The van der Waals surface area contributed by atoms with Crippen LogP contribution in [0, 0.1) is 6.92 Å². The molecule has 4 heteroatoms. The topological polar surface area (TPSA) is 51.2 Å². The van der Waals surface area contributed by atoms with Crippen LogP contribution in [0.4, 0.5) is 4.79 Å². The first-order valence-electron chi connectivity index (χ1n) is 9.91. The molecule has 0 saturated carbocycles. The summed E-state index contributed by atoms with van der Waals surface area (Å²) in [6, 6.07) is 20.6. The van der Waals surface area contributed by atoms with Gasteiger partial charge in [-0.05, 0) is 53.3 Å². The molecule has 0 unspecified atom stereocenters. The van der Waals surface area contributed by atoms with Gasteiger partial charge in [-0.15, -0.1) is 0 Å². The van der Waals surface area contributed by atoms with Crippen LogP contribution >= 0.6 is 0 Å². The molecule has 146 valence electrons. The van der Waals surface area contributed by atoms with E-state index in [9.17, 15) is 4.79 Å². The third-order valence-electron chi connectivity index (χ3n) is 5.25. The number of aromatic nitrogens is 1. The average molecular weight is 384 g/mol. The van der Waals surface area contributed by atoms with E-state index >= 15 is 0 Å². The standard InChI is InChI=1S/C25H24N2O2/c1-18-9-8-16-26-24(18)14-6-7-15-27-25(28)29-17-23-21-12-4-2-10-19(21)20-11-3-5-13-22(20)23/h2-6,8-14,16,23H,7,15,17H2,1H3,(H,27,28). The van der Waals surface area contributed by atoms with Gasteiger partial charge in [-0.1, -0.05) is 60.7 Å². The van der Waals surface area contributed by atoms with Crippen LogP contribution in [0.3, 0.4) is 0 Å². The number of rotatable bonds is 6. The molecule has 1 aliphatic rings. The van der Waals surface area contributed by atoms with Crippen molar-refractivity contribution < 1.29 is 9.53 Å². The number of pyridine rings is 1. The maximum atomic E-state index is 12.1. The van der Waals surface area contributed by atoms with Crippen molar-refractivity contribution in [3.63, 3.8) is 0 Å². The molecule has 0 spiro atoms. The summed E-state index contributed by atoms with van der Waals surface area (Å²) in [5.41, 5.74) is 6.98. The number of nitrogens with one attached hydrogen (secondary N) is 1.